The quantitative estimate of drug-likeness (QED) is 0.101. The van der Waals surface area contributed by atoms with Crippen molar-refractivity contribution in [2.24, 2.45) is 0 Å². The Hall–Kier alpha value is -3.51. The minimum atomic E-state index is -10.2. The predicted octanol–water partition coefficient (Wildman–Crippen LogP) is 5.30. The molecule has 1 aromatic carbocycles. The van der Waals surface area contributed by atoms with Crippen LogP contribution in [0.1, 0.15) is 12.0 Å². The summed E-state index contributed by atoms with van der Waals surface area (Å²) in [5.74, 6) is -2.72. The van der Waals surface area contributed by atoms with Crippen molar-refractivity contribution in [2.45, 2.75) is 23.6 Å². The van der Waals surface area contributed by atoms with E-state index in [0.29, 0.717) is 0 Å². The molecule has 0 saturated carbocycles. The van der Waals surface area contributed by atoms with Crippen molar-refractivity contribution >= 4 is 28.4 Å². The molecule has 1 aliphatic rings. The molecule has 1 aromatic rings. The van der Waals surface area contributed by atoms with Gasteiger partial charge in [0, 0.05) is 12.0 Å². The summed E-state index contributed by atoms with van der Waals surface area (Å²) in [6, 6.07) is -0.100. The highest BCUT2D eigenvalue weighted by Crippen LogP contribution is 3.02. The predicted molar refractivity (Wildman–Crippen MR) is 97.2 cm³/mol. The molecule has 0 fully saturated rings. The molecule has 1 aliphatic heterocycles. The van der Waals surface area contributed by atoms with E-state index in [1.165, 1.54) is 0 Å². The minimum absolute atomic E-state index is 0.145. The summed E-state index contributed by atoms with van der Waals surface area (Å²) in [7, 11) is -10.2. The first-order valence-electron chi connectivity index (χ1n) is 8.85. The third-order valence-corrected chi connectivity index (χ3v) is 5.01. The number of hydrogen-bond donors (Lipinski definition) is 0. The number of rotatable bonds is 9. The Kier molecular flexibility index (Phi) is 7.08. The third kappa shape index (κ3) is 8.04. The van der Waals surface area contributed by atoms with Crippen LogP contribution in [0.4, 0.5) is 37.4 Å². The molecule has 0 aliphatic carbocycles. The van der Waals surface area contributed by atoms with Gasteiger partial charge in [0.2, 0.25) is 12.9 Å². The number of hydrogen-bond acceptors (Lipinski definition) is 9. The second-order valence-corrected chi connectivity index (χ2v) is 8.92. The van der Waals surface area contributed by atoms with Gasteiger partial charge in [0.25, 0.3) is 5.09 Å². The first-order valence-corrected chi connectivity index (χ1v) is 10.8. The van der Waals surface area contributed by atoms with Crippen LogP contribution in [0.25, 0.3) is 6.08 Å². The van der Waals surface area contributed by atoms with Gasteiger partial charge in [-0.3, -0.25) is 0 Å². The van der Waals surface area contributed by atoms with Crippen molar-refractivity contribution in [3.05, 3.63) is 39.4 Å². The van der Waals surface area contributed by atoms with Gasteiger partial charge in [0.15, 0.2) is 0 Å². The first-order chi connectivity index (χ1) is 15.8. The summed E-state index contributed by atoms with van der Waals surface area (Å²) in [6.07, 6.45) is -9.74. The lowest BCUT2D eigenvalue weighted by atomic mass is 10.0. The topological polar surface area (TPSA) is 123 Å². The monoisotopic (exact) mass is 547 g/mol. The molecule has 1 atom stereocenters. The summed E-state index contributed by atoms with van der Waals surface area (Å²) < 4.78 is 122. The van der Waals surface area contributed by atoms with Crippen LogP contribution in [-0.4, -0.2) is 49.5 Å². The van der Waals surface area contributed by atoms with Crippen LogP contribution < -0.4 is 4.74 Å². The van der Waals surface area contributed by atoms with Crippen LogP contribution >= 0.6 is 10.2 Å². The van der Waals surface area contributed by atoms with Gasteiger partial charge >= 0.3 is 28.5 Å². The zero-order chi connectivity index (χ0) is 26.7. The van der Waals surface area contributed by atoms with Crippen molar-refractivity contribution in [1.29, 1.82) is 0 Å². The molecule has 0 unspecified atom stereocenters. The van der Waals surface area contributed by atoms with Gasteiger partial charge in [-0.2, -0.15) is 13.2 Å². The molecule has 0 saturated heterocycles. The number of carbonyl (C=O) groups excluding carboxylic acids is 2. The average Bonchev–Trinajstić information content (AvgIpc) is 2.69. The van der Waals surface area contributed by atoms with Crippen LogP contribution in [0.15, 0.2) is 28.7 Å². The molecule has 0 N–H and O–H groups in total. The normalized spacial score (nSPS) is 17.5. The molecule has 19 heteroatoms. The smallest absolute Gasteiger partial charge is 0.475 e. The van der Waals surface area contributed by atoms with Gasteiger partial charge in [-0.05, 0) is 24.3 Å². The number of carbonyl (C=O) groups is 2. The van der Waals surface area contributed by atoms with E-state index in [9.17, 15) is 52.3 Å². The highest BCUT2D eigenvalue weighted by atomic mass is 32.5. The summed E-state index contributed by atoms with van der Waals surface area (Å²) in [6.45, 7) is -2.20. The van der Waals surface area contributed by atoms with Gasteiger partial charge in [-0.25, -0.2) is 9.59 Å². The fourth-order valence-electron chi connectivity index (χ4n) is 2.44. The lowest BCUT2D eigenvalue weighted by Crippen LogP contribution is -2.41. The number of benzene rings is 1. The largest absolute Gasteiger partial charge is 0.511 e. The van der Waals surface area contributed by atoms with Crippen molar-refractivity contribution < 1.29 is 71.1 Å². The molecule has 0 amide bonds. The highest BCUT2D eigenvalue weighted by molar-refractivity contribution is 8.45. The Morgan fingerprint density at radius 1 is 1.06 bits per heavy atom. The maximum Gasteiger partial charge on any atom is 0.511 e. The summed E-state index contributed by atoms with van der Waals surface area (Å²) in [5.41, 5.74) is -2.33. The molecule has 1 heterocycles. The van der Waals surface area contributed by atoms with Crippen LogP contribution in [0.2, 0.25) is 0 Å². The van der Waals surface area contributed by atoms with Crippen molar-refractivity contribution in [2.75, 3.05) is 20.0 Å². The number of esters is 1. The number of ether oxygens (including phenoxy) is 4. The van der Waals surface area contributed by atoms with Crippen molar-refractivity contribution in [3.63, 3.8) is 0 Å². The molecule has 0 aromatic heterocycles. The molecule has 0 bridgehead atoms. The molecule has 2 rings (SSSR count). The third-order valence-electron chi connectivity index (χ3n) is 3.87. The SMILES string of the molecule is O=C(OCCCO[N+](=O)[O-])OCOC(=O)C1=Cc2cc(S(F)(F)(F)(F)F)ccc2O[C@@H]1C(F)(F)F. The molecule has 0 radical (unpaired) electrons. The lowest BCUT2D eigenvalue weighted by Gasteiger charge is -2.41. The van der Waals surface area contributed by atoms with E-state index < -0.39 is 81.5 Å². The van der Waals surface area contributed by atoms with E-state index in [1.807, 2.05) is 0 Å². The fourth-order valence-corrected chi connectivity index (χ4v) is 3.11. The zero-order valence-corrected chi connectivity index (χ0v) is 17.6. The number of halogens is 8. The van der Waals surface area contributed by atoms with Gasteiger partial charge in [0.05, 0.1) is 18.8 Å². The van der Waals surface area contributed by atoms with E-state index in [-0.39, 0.29) is 30.7 Å². The van der Waals surface area contributed by atoms with E-state index in [1.54, 1.807) is 0 Å². The molecular weight excluding hydrogens is 534 g/mol. The minimum Gasteiger partial charge on any atom is -0.475 e. The Labute approximate surface area is 189 Å². The first kappa shape index (κ1) is 27.7. The van der Waals surface area contributed by atoms with E-state index in [4.69, 9.17) is 0 Å². The summed E-state index contributed by atoms with van der Waals surface area (Å²) in [4.78, 5) is 34.7. The Bertz CT molecular complexity index is 1040. The van der Waals surface area contributed by atoms with Crippen LogP contribution in [-0.2, 0) is 23.8 Å². The van der Waals surface area contributed by atoms with Gasteiger partial charge in [-0.1, -0.05) is 19.4 Å². The molecule has 198 valence electrons. The Balaban J connectivity index is 2.11. The fraction of sp³-hybridized carbons (Fsp3) is 0.375. The molecule has 0 spiro atoms. The van der Waals surface area contributed by atoms with Crippen molar-refractivity contribution in [3.8, 4) is 5.75 Å². The molecule has 10 nitrogen and oxygen atoms in total. The summed E-state index contributed by atoms with van der Waals surface area (Å²) in [5, 5.41) is 8.80. The Morgan fingerprint density at radius 3 is 2.29 bits per heavy atom. The Morgan fingerprint density at radius 2 is 1.71 bits per heavy atom. The van der Waals surface area contributed by atoms with Gasteiger partial charge in [-0.15, -0.1) is 10.1 Å². The van der Waals surface area contributed by atoms with Crippen LogP contribution in [0.5, 0.6) is 5.75 Å². The average molecular weight is 547 g/mol. The standard InChI is InChI=1S/C16H13F8NO9S/c17-16(18,19)13-11(14(26)31-8-32-15(27)30-4-1-5-33-25(28)29)7-9-6-10(2-3-12(9)34-13)35(20,21,22,23)24/h2-3,6-7,13H,1,4-5,8H2/t13-/m0/s1. The maximum atomic E-state index is 13.3. The van der Waals surface area contributed by atoms with E-state index in [2.05, 4.69) is 23.8 Å². The van der Waals surface area contributed by atoms with Gasteiger partial charge < -0.3 is 23.8 Å². The van der Waals surface area contributed by atoms with E-state index >= 15 is 0 Å². The second kappa shape index (κ2) is 8.93. The highest BCUT2D eigenvalue weighted by Gasteiger charge is 2.65. The van der Waals surface area contributed by atoms with Crippen molar-refractivity contribution in [1.82, 2.24) is 0 Å². The second-order valence-electron chi connectivity index (χ2n) is 6.51. The lowest BCUT2D eigenvalue weighted by molar-refractivity contribution is -0.757. The number of nitrogens with zero attached hydrogens (tertiary/aromatic N) is 1. The molecule has 35 heavy (non-hydrogen) atoms. The van der Waals surface area contributed by atoms with Gasteiger partial charge in [0.1, 0.15) is 10.6 Å². The maximum absolute atomic E-state index is 13.3. The number of fused-ring (bicyclic) bond motifs is 1. The zero-order valence-electron chi connectivity index (χ0n) is 16.8. The van der Waals surface area contributed by atoms with Crippen LogP contribution in [0, 0.1) is 10.1 Å². The summed E-state index contributed by atoms with van der Waals surface area (Å²) >= 11 is 0. The van der Waals surface area contributed by atoms with Crippen LogP contribution in [0.3, 0.4) is 0 Å². The molecular formula is C16H13F8NO9S. The number of alkyl halides is 3. The van der Waals surface area contributed by atoms with E-state index in [0.717, 1.165) is 0 Å².